The Morgan fingerprint density at radius 3 is 2.64 bits per heavy atom. The van der Waals surface area contributed by atoms with Gasteiger partial charge < -0.3 is 5.32 Å². The van der Waals surface area contributed by atoms with Crippen molar-refractivity contribution < 1.29 is 0 Å². The number of rotatable bonds is 2. The van der Waals surface area contributed by atoms with Gasteiger partial charge in [0.25, 0.3) is 0 Å². The van der Waals surface area contributed by atoms with Crippen molar-refractivity contribution in [1.82, 2.24) is 5.32 Å². The maximum Gasteiger partial charge on any atom is 0.0202 e. The highest BCUT2D eigenvalue weighted by atomic mass is 79.9. The molecule has 0 aliphatic rings. The van der Waals surface area contributed by atoms with E-state index in [0.717, 1.165) is 11.0 Å². The molecule has 2 rings (SSSR count). The molecule has 0 unspecified atom stereocenters. The van der Waals surface area contributed by atoms with Crippen molar-refractivity contribution in [2.24, 2.45) is 0 Å². The molecular formula is C12H12BrN. The van der Waals surface area contributed by atoms with E-state index >= 15 is 0 Å². The first kappa shape index (κ1) is 9.69. The number of benzene rings is 2. The van der Waals surface area contributed by atoms with E-state index in [9.17, 15) is 0 Å². The maximum atomic E-state index is 3.48. The van der Waals surface area contributed by atoms with Crippen LogP contribution in [-0.2, 0) is 6.54 Å². The predicted molar refractivity (Wildman–Crippen MR) is 64.4 cm³/mol. The zero-order valence-electron chi connectivity index (χ0n) is 8.05. The van der Waals surface area contributed by atoms with Crippen molar-refractivity contribution in [1.29, 1.82) is 0 Å². The third-order valence-electron chi connectivity index (χ3n) is 2.25. The van der Waals surface area contributed by atoms with E-state index in [2.05, 4.69) is 57.6 Å². The third-order valence-corrected chi connectivity index (χ3v) is 2.74. The van der Waals surface area contributed by atoms with Gasteiger partial charge in [-0.15, -0.1) is 0 Å². The van der Waals surface area contributed by atoms with E-state index in [1.807, 2.05) is 7.05 Å². The molecule has 2 aromatic rings. The minimum absolute atomic E-state index is 0.919. The fourth-order valence-electron chi connectivity index (χ4n) is 1.58. The van der Waals surface area contributed by atoms with Crippen LogP contribution in [0.1, 0.15) is 5.56 Å². The van der Waals surface area contributed by atoms with Gasteiger partial charge in [0.15, 0.2) is 0 Å². The highest BCUT2D eigenvalue weighted by Crippen LogP contribution is 2.20. The summed E-state index contributed by atoms with van der Waals surface area (Å²) in [5.74, 6) is 0. The van der Waals surface area contributed by atoms with Gasteiger partial charge in [-0.3, -0.25) is 0 Å². The normalized spacial score (nSPS) is 10.7. The summed E-state index contributed by atoms with van der Waals surface area (Å²) in [6, 6.07) is 12.9. The molecule has 0 saturated carbocycles. The summed E-state index contributed by atoms with van der Waals surface area (Å²) in [7, 11) is 1.96. The molecule has 0 fully saturated rings. The van der Waals surface area contributed by atoms with Crippen LogP contribution in [0.2, 0.25) is 0 Å². The second-order valence-electron chi connectivity index (χ2n) is 3.36. The number of halogens is 1. The Morgan fingerprint density at radius 1 is 1.07 bits per heavy atom. The average molecular weight is 250 g/mol. The topological polar surface area (TPSA) is 12.0 Å². The van der Waals surface area contributed by atoms with Gasteiger partial charge in [-0.2, -0.15) is 0 Å². The van der Waals surface area contributed by atoms with E-state index < -0.39 is 0 Å². The van der Waals surface area contributed by atoms with Crippen LogP contribution >= 0.6 is 15.9 Å². The lowest BCUT2D eigenvalue weighted by Gasteiger charge is -2.03. The third kappa shape index (κ3) is 1.97. The Morgan fingerprint density at radius 2 is 1.86 bits per heavy atom. The second kappa shape index (κ2) is 4.11. The standard InChI is InChI=1S/C12H12BrN/c1-14-8-9-2-3-10-4-5-12(13)7-11(10)6-9/h2-7,14H,8H2,1H3. The van der Waals surface area contributed by atoms with Crippen molar-refractivity contribution in [3.63, 3.8) is 0 Å². The van der Waals surface area contributed by atoms with Gasteiger partial charge in [-0.1, -0.05) is 34.1 Å². The number of hydrogen-bond acceptors (Lipinski definition) is 1. The van der Waals surface area contributed by atoms with Gasteiger partial charge in [-0.05, 0) is 41.6 Å². The van der Waals surface area contributed by atoms with Crippen LogP contribution in [0.3, 0.4) is 0 Å². The zero-order chi connectivity index (χ0) is 9.97. The second-order valence-corrected chi connectivity index (χ2v) is 4.27. The summed E-state index contributed by atoms with van der Waals surface area (Å²) >= 11 is 3.48. The van der Waals surface area contributed by atoms with Crippen LogP contribution in [0.4, 0.5) is 0 Å². The summed E-state index contributed by atoms with van der Waals surface area (Å²) in [6.45, 7) is 0.919. The Kier molecular flexibility index (Phi) is 2.85. The zero-order valence-corrected chi connectivity index (χ0v) is 9.64. The molecule has 0 aliphatic carbocycles. The number of fused-ring (bicyclic) bond motifs is 1. The van der Waals surface area contributed by atoms with Crippen molar-refractivity contribution in [2.75, 3.05) is 7.05 Å². The quantitative estimate of drug-likeness (QED) is 0.862. The van der Waals surface area contributed by atoms with E-state index in [1.165, 1.54) is 16.3 Å². The average Bonchev–Trinajstić information content (AvgIpc) is 2.17. The fourth-order valence-corrected chi connectivity index (χ4v) is 1.96. The summed E-state index contributed by atoms with van der Waals surface area (Å²) in [4.78, 5) is 0. The lowest BCUT2D eigenvalue weighted by molar-refractivity contribution is 0.819. The molecule has 0 radical (unpaired) electrons. The molecule has 0 amide bonds. The smallest absolute Gasteiger partial charge is 0.0202 e. The van der Waals surface area contributed by atoms with E-state index in [4.69, 9.17) is 0 Å². The van der Waals surface area contributed by atoms with Gasteiger partial charge in [0, 0.05) is 11.0 Å². The lowest BCUT2D eigenvalue weighted by Crippen LogP contribution is -2.04. The molecule has 0 heterocycles. The molecule has 0 atom stereocenters. The number of hydrogen-bond donors (Lipinski definition) is 1. The van der Waals surface area contributed by atoms with E-state index in [1.54, 1.807) is 0 Å². The molecule has 72 valence electrons. The van der Waals surface area contributed by atoms with Crippen LogP contribution in [0, 0.1) is 0 Å². The van der Waals surface area contributed by atoms with Crippen molar-refractivity contribution in [3.8, 4) is 0 Å². The molecule has 2 aromatic carbocycles. The highest BCUT2D eigenvalue weighted by Gasteiger charge is 1.96. The molecule has 1 N–H and O–H groups in total. The van der Waals surface area contributed by atoms with Gasteiger partial charge >= 0.3 is 0 Å². The van der Waals surface area contributed by atoms with Gasteiger partial charge in [0.1, 0.15) is 0 Å². The van der Waals surface area contributed by atoms with Crippen LogP contribution in [-0.4, -0.2) is 7.05 Å². The minimum atomic E-state index is 0.919. The first-order valence-electron chi connectivity index (χ1n) is 4.62. The van der Waals surface area contributed by atoms with E-state index in [0.29, 0.717) is 0 Å². The van der Waals surface area contributed by atoms with Crippen LogP contribution in [0.15, 0.2) is 40.9 Å². The SMILES string of the molecule is CNCc1ccc2ccc(Br)cc2c1. The maximum absolute atomic E-state index is 3.48. The molecule has 2 heteroatoms. The first-order chi connectivity index (χ1) is 6.79. The van der Waals surface area contributed by atoms with Gasteiger partial charge in [0.2, 0.25) is 0 Å². The number of nitrogens with one attached hydrogen (secondary N) is 1. The molecule has 0 aromatic heterocycles. The molecular weight excluding hydrogens is 238 g/mol. The molecule has 1 nitrogen and oxygen atoms in total. The summed E-state index contributed by atoms with van der Waals surface area (Å²) < 4.78 is 1.13. The van der Waals surface area contributed by atoms with Crippen molar-refractivity contribution in [3.05, 3.63) is 46.4 Å². The van der Waals surface area contributed by atoms with Crippen molar-refractivity contribution >= 4 is 26.7 Å². The molecule has 0 aliphatic heterocycles. The van der Waals surface area contributed by atoms with Crippen LogP contribution in [0.25, 0.3) is 10.8 Å². The molecule has 14 heavy (non-hydrogen) atoms. The van der Waals surface area contributed by atoms with Crippen LogP contribution in [0.5, 0.6) is 0 Å². The molecule has 0 spiro atoms. The predicted octanol–water partition coefficient (Wildman–Crippen LogP) is 3.32. The Balaban J connectivity index is 2.52. The monoisotopic (exact) mass is 249 g/mol. The Hall–Kier alpha value is -0.860. The Bertz CT molecular complexity index is 451. The fraction of sp³-hybridized carbons (Fsp3) is 0.167. The molecule has 0 bridgehead atoms. The minimum Gasteiger partial charge on any atom is -0.316 e. The Labute approximate surface area is 92.3 Å². The van der Waals surface area contributed by atoms with Gasteiger partial charge in [0.05, 0.1) is 0 Å². The lowest BCUT2D eigenvalue weighted by atomic mass is 10.1. The highest BCUT2D eigenvalue weighted by molar-refractivity contribution is 9.10. The van der Waals surface area contributed by atoms with Gasteiger partial charge in [-0.25, -0.2) is 0 Å². The largest absolute Gasteiger partial charge is 0.316 e. The summed E-state index contributed by atoms with van der Waals surface area (Å²) in [6.07, 6.45) is 0. The van der Waals surface area contributed by atoms with Crippen LogP contribution < -0.4 is 5.32 Å². The summed E-state index contributed by atoms with van der Waals surface area (Å²) in [5, 5.41) is 5.72. The van der Waals surface area contributed by atoms with E-state index in [-0.39, 0.29) is 0 Å². The molecule has 0 saturated heterocycles. The summed E-state index contributed by atoms with van der Waals surface area (Å²) in [5.41, 5.74) is 1.32. The van der Waals surface area contributed by atoms with Crippen molar-refractivity contribution in [2.45, 2.75) is 6.54 Å². The first-order valence-corrected chi connectivity index (χ1v) is 5.42.